The molecule has 0 atom stereocenters. The van der Waals surface area contributed by atoms with Crippen LogP contribution in [0.3, 0.4) is 0 Å². The van der Waals surface area contributed by atoms with Crippen LogP contribution in [0, 0.1) is 34.6 Å². The fourth-order valence-corrected chi connectivity index (χ4v) is 2.62. The standard InChI is InChI=1S/C17H17NO2.C3H8O/c1-8-9(2)11(4)17-15(10(8)3)18-13-6-7-14(19)12(5)16(13)20-17;1-3-4-2/h6-7H,1-5H3;3H2,1-2H3. The Kier molecular flexibility index (Phi) is 5.40. The molecular formula is C20H25NO3. The molecule has 0 fully saturated rings. The van der Waals surface area contributed by atoms with E-state index < -0.39 is 0 Å². The monoisotopic (exact) mass is 327 g/mol. The molecule has 2 aliphatic rings. The number of ether oxygens (including phenoxy) is 1. The van der Waals surface area contributed by atoms with Gasteiger partial charge in [-0.1, -0.05) is 0 Å². The third kappa shape index (κ3) is 3.06. The minimum Gasteiger partial charge on any atom is -0.452 e. The van der Waals surface area contributed by atoms with E-state index in [2.05, 4.69) is 25.5 Å². The Morgan fingerprint density at radius 3 is 2.12 bits per heavy atom. The minimum absolute atomic E-state index is 0.0133. The minimum atomic E-state index is -0.0133. The third-order valence-corrected chi connectivity index (χ3v) is 4.66. The van der Waals surface area contributed by atoms with Crippen LogP contribution >= 0.6 is 0 Å². The molecule has 3 rings (SSSR count). The smallest absolute Gasteiger partial charge is 0.185 e. The van der Waals surface area contributed by atoms with Gasteiger partial charge in [0.05, 0.1) is 0 Å². The van der Waals surface area contributed by atoms with Gasteiger partial charge in [-0.2, -0.15) is 0 Å². The number of nitrogens with zero attached hydrogens (tertiary/aromatic N) is 1. The van der Waals surface area contributed by atoms with Gasteiger partial charge in [0.1, 0.15) is 11.2 Å². The van der Waals surface area contributed by atoms with Crippen molar-refractivity contribution < 1.29 is 9.15 Å². The number of methoxy groups -OCH3 is 1. The van der Waals surface area contributed by atoms with Crippen molar-refractivity contribution in [1.29, 1.82) is 0 Å². The number of aryl methyl sites for hydroxylation is 2. The van der Waals surface area contributed by atoms with Gasteiger partial charge in [-0.3, -0.25) is 4.79 Å². The maximum absolute atomic E-state index is 11.8. The maximum atomic E-state index is 11.8. The first-order valence-electron chi connectivity index (χ1n) is 8.12. The lowest BCUT2D eigenvalue weighted by atomic mass is 9.97. The summed E-state index contributed by atoms with van der Waals surface area (Å²) in [5.74, 6) is 0.593. The molecule has 0 unspecified atom stereocenters. The van der Waals surface area contributed by atoms with Crippen LogP contribution < -0.4 is 5.43 Å². The molecule has 0 amide bonds. The summed E-state index contributed by atoms with van der Waals surface area (Å²) >= 11 is 0. The van der Waals surface area contributed by atoms with E-state index in [-0.39, 0.29) is 5.43 Å². The van der Waals surface area contributed by atoms with E-state index in [0.29, 0.717) is 11.3 Å². The zero-order valence-corrected chi connectivity index (χ0v) is 15.5. The van der Waals surface area contributed by atoms with Gasteiger partial charge in [0, 0.05) is 19.3 Å². The van der Waals surface area contributed by atoms with Gasteiger partial charge in [0.25, 0.3) is 0 Å². The predicted molar refractivity (Wildman–Crippen MR) is 98.1 cm³/mol. The highest BCUT2D eigenvalue weighted by atomic mass is 16.5. The number of hydrogen-bond donors (Lipinski definition) is 0. The normalized spacial score (nSPS) is 10.8. The van der Waals surface area contributed by atoms with Gasteiger partial charge < -0.3 is 9.15 Å². The molecule has 0 saturated carbocycles. The summed E-state index contributed by atoms with van der Waals surface area (Å²) in [5, 5.41) is 0. The molecule has 0 spiro atoms. The van der Waals surface area contributed by atoms with Crippen molar-refractivity contribution in [1.82, 2.24) is 4.98 Å². The maximum Gasteiger partial charge on any atom is 0.185 e. The van der Waals surface area contributed by atoms with Crippen molar-refractivity contribution in [2.24, 2.45) is 0 Å². The van der Waals surface area contributed by atoms with Gasteiger partial charge in [0.2, 0.25) is 0 Å². The lowest BCUT2D eigenvalue weighted by Gasteiger charge is -2.15. The van der Waals surface area contributed by atoms with Crippen molar-refractivity contribution in [2.45, 2.75) is 41.5 Å². The van der Waals surface area contributed by atoms with Gasteiger partial charge >= 0.3 is 0 Å². The largest absolute Gasteiger partial charge is 0.452 e. The Bertz CT molecular complexity index is 907. The molecule has 1 aliphatic carbocycles. The van der Waals surface area contributed by atoms with Crippen LogP contribution in [0.4, 0.5) is 0 Å². The summed E-state index contributed by atoms with van der Waals surface area (Å²) in [4.78, 5) is 16.5. The molecular weight excluding hydrogens is 302 g/mol. The zero-order valence-electron chi connectivity index (χ0n) is 15.5. The molecule has 1 aliphatic heterocycles. The molecule has 4 heteroatoms. The summed E-state index contributed by atoms with van der Waals surface area (Å²) in [5.41, 5.74) is 7.70. The first-order chi connectivity index (χ1) is 11.3. The van der Waals surface area contributed by atoms with Crippen LogP contribution in [0.25, 0.3) is 22.6 Å². The second kappa shape index (κ2) is 7.14. The first kappa shape index (κ1) is 18.1. The number of fused-ring (bicyclic) bond motifs is 2. The average molecular weight is 327 g/mol. The highest BCUT2D eigenvalue weighted by Gasteiger charge is 2.18. The van der Waals surface area contributed by atoms with Gasteiger partial charge in [0.15, 0.2) is 16.8 Å². The zero-order chi connectivity index (χ0) is 18.0. The summed E-state index contributed by atoms with van der Waals surface area (Å²) in [7, 11) is 1.68. The van der Waals surface area contributed by atoms with Crippen LogP contribution in [-0.4, -0.2) is 18.7 Å². The quantitative estimate of drug-likeness (QED) is 0.618. The second-order valence-electron chi connectivity index (χ2n) is 6.01. The highest BCUT2D eigenvalue weighted by molar-refractivity contribution is 5.85. The fraction of sp³-hybridized carbons (Fsp3) is 0.400. The van der Waals surface area contributed by atoms with E-state index in [9.17, 15) is 4.79 Å². The third-order valence-electron chi connectivity index (χ3n) is 4.66. The Morgan fingerprint density at radius 1 is 0.958 bits per heavy atom. The van der Waals surface area contributed by atoms with E-state index >= 15 is 0 Å². The van der Waals surface area contributed by atoms with Crippen LogP contribution in [0.2, 0.25) is 0 Å². The molecule has 24 heavy (non-hydrogen) atoms. The summed E-state index contributed by atoms with van der Waals surface area (Å²) in [6.45, 7) is 12.9. The number of rotatable bonds is 1. The van der Waals surface area contributed by atoms with E-state index in [4.69, 9.17) is 9.40 Å². The number of aromatic nitrogens is 1. The van der Waals surface area contributed by atoms with Crippen molar-refractivity contribution in [3.63, 3.8) is 0 Å². The SMILES string of the molecule is CCOC.Cc1c(C)c(C)c2oc3c(C)c(=O)ccc-3nc2c1C. The molecule has 0 radical (unpaired) electrons. The van der Waals surface area contributed by atoms with Crippen LogP contribution in [0.5, 0.6) is 0 Å². The van der Waals surface area contributed by atoms with Crippen molar-refractivity contribution >= 4 is 11.1 Å². The lowest BCUT2D eigenvalue weighted by molar-refractivity contribution is 0.215. The Balaban J connectivity index is 0.000000471. The molecule has 128 valence electrons. The van der Waals surface area contributed by atoms with Gasteiger partial charge in [-0.25, -0.2) is 4.98 Å². The van der Waals surface area contributed by atoms with Crippen LogP contribution in [0.15, 0.2) is 21.3 Å². The highest BCUT2D eigenvalue weighted by Crippen LogP contribution is 2.33. The summed E-state index contributed by atoms with van der Waals surface area (Å²) < 4.78 is 10.6. The molecule has 0 bridgehead atoms. The van der Waals surface area contributed by atoms with Gasteiger partial charge in [-0.15, -0.1) is 0 Å². The van der Waals surface area contributed by atoms with Gasteiger partial charge in [-0.05, 0) is 75.9 Å². The molecule has 0 saturated heterocycles. The second-order valence-corrected chi connectivity index (χ2v) is 6.01. The molecule has 4 nitrogen and oxygen atoms in total. The van der Waals surface area contributed by atoms with E-state index in [0.717, 1.165) is 34.5 Å². The first-order valence-corrected chi connectivity index (χ1v) is 8.12. The molecule has 1 aromatic carbocycles. The van der Waals surface area contributed by atoms with E-state index in [1.807, 2.05) is 13.8 Å². The summed E-state index contributed by atoms with van der Waals surface area (Å²) in [6.07, 6.45) is 0. The van der Waals surface area contributed by atoms with Crippen molar-refractivity contribution in [3.05, 3.63) is 50.2 Å². The lowest BCUT2D eigenvalue weighted by Crippen LogP contribution is -2.07. The number of hydrogen-bond acceptors (Lipinski definition) is 4. The Hall–Kier alpha value is -2.20. The molecule has 1 aromatic rings. The van der Waals surface area contributed by atoms with E-state index in [1.165, 1.54) is 11.1 Å². The predicted octanol–water partition coefficient (Wildman–Crippen LogP) is 4.49. The summed E-state index contributed by atoms with van der Waals surface area (Å²) in [6, 6.07) is 3.28. The van der Waals surface area contributed by atoms with Crippen LogP contribution in [0.1, 0.15) is 34.7 Å². The molecule has 0 aromatic heterocycles. The number of benzene rings is 2. The average Bonchev–Trinajstić information content (AvgIpc) is 2.60. The Labute approximate surface area is 142 Å². The van der Waals surface area contributed by atoms with Crippen molar-refractivity contribution in [3.8, 4) is 11.5 Å². The molecule has 0 N–H and O–H groups in total. The fourth-order valence-electron chi connectivity index (χ4n) is 2.62. The molecule has 1 heterocycles. The Morgan fingerprint density at radius 2 is 1.54 bits per heavy atom. The van der Waals surface area contributed by atoms with Crippen LogP contribution in [-0.2, 0) is 4.74 Å². The van der Waals surface area contributed by atoms with Crippen molar-refractivity contribution in [2.75, 3.05) is 13.7 Å². The van der Waals surface area contributed by atoms with E-state index in [1.54, 1.807) is 26.2 Å². The topological polar surface area (TPSA) is 52.3 Å².